The number of hydrogen-bond donors (Lipinski definition) is 2. The molecule has 1 aliphatic heterocycles. The number of likely N-dealkylation sites (N-methyl/N-ethyl adjacent to an activating group) is 1. The average molecular weight is 527 g/mol. The molecule has 0 spiro atoms. The Morgan fingerprint density at radius 1 is 1.24 bits per heavy atom. The Labute approximate surface area is 194 Å². The van der Waals surface area contributed by atoms with Crippen molar-refractivity contribution in [3.05, 3.63) is 52.2 Å². The molecule has 3 rings (SSSR count). The molecule has 0 aliphatic carbocycles. The minimum atomic E-state index is 0. The van der Waals surface area contributed by atoms with Crippen LogP contribution in [0.4, 0.5) is 5.69 Å². The van der Waals surface area contributed by atoms with Crippen LogP contribution in [0, 0.1) is 0 Å². The van der Waals surface area contributed by atoms with Crippen molar-refractivity contribution in [2.75, 3.05) is 39.1 Å². The highest BCUT2D eigenvalue weighted by Crippen LogP contribution is 2.23. The largest absolute Gasteiger partial charge is 0.354 e. The zero-order chi connectivity index (χ0) is 19.9. The monoisotopic (exact) mass is 527 g/mol. The molecule has 1 fully saturated rings. The smallest absolute Gasteiger partial charge is 0.227 e. The molecule has 29 heavy (non-hydrogen) atoms. The first-order chi connectivity index (χ1) is 13.6. The van der Waals surface area contributed by atoms with E-state index in [1.807, 2.05) is 17.0 Å². The Morgan fingerprint density at radius 3 is 2.55 bits per heavy atom. The third-order valence-electron chi connectivity index (χ3n) is 4.96. The Morgan fingerprint density at radius 2 is 2.00 bits per heavy atom. The van der Waals surface area contributed by atoms with Gasteiger partial charge >= 0.3 is 0 Å². The van der Waals surface area contributed by atoms with E-state index in [9.17, 15) is 4.79 Å². The van der Waals surface area contributed by atoms with Gasteiger partial charge in [0.25, 0.3) is 0 Å². The number of carbonyl (C=O) groups excluding carboxylic acids is 1. The van der Waals surface area contributed by atoms with Crippen LogP contribution in [0.5, 0.6) is 0 Å². The van der Waals surface area contributed by atoms with E-state index < -0.39 is 0 Å². The fourth-order valence-corrected chi connectivity index (χ4v) is 4.26. The molecule has 2 aromatic rings. The lowest BCUT2D eigenvalue weighted by molar-refractivity contribution is -0.117. The van der Waals surface area contributed by atoms with Gasteiger partial charge in [0.1, 0.15) is 0 Å². The fraction of sp³-hybridized carbons (Fsp3) is 0.429. The molecule has 0 radical (unpaired) electrons. The van der Waals surface area contributed by atoms with Gasteiger partial charge in [-0.3, -0.25) is 9.79 Å². The molecule has 0 bridgehead atoms. The van der Waals surface area contributed by atoms with Crippen molar-refractivity contribution in [2.24, 2.45) is 4.99 Å². The number of amides is 1. The molecule has 8 heteroatoms. The number of benzene rings is 1. The predicted molar refractivity (Wildman–Crippen MR) is 132 cm³/mol. The van der Waals surface area contributed by atoms with Crippen LogP contribution in [0.2, 0.25) is 0 Å². The van der Waals surface area contributed by atoms with Crippen LogP contribution in [0.25, 0.3) is 0 Å². The van der Waals surface area contributed by atoms with Gasteiger partial charge in [-0.2, -0.15) is 0 Å². The molecule has 1 aromatic heterocycles. The van der Waals surface area contributed by atoms with Crippen LogP contribution in [-0.4, -0.2) is 51.0 Å². The number of guanidine groups is 1. The van der Waals surface area contributed by atoms with Crippen LogP contribution in [0.1, 0.15) is 29.3 Å². The molecule has 2 heterocycles. The van der Waals surface area contributed by atoms with Crippen LogP contribution >= 0.6 is 35.3 Å². The molecule has 1 aromatic carbocycles. The maximum absolute atomic E-state index is 11.9. The minimum Gasteiger partial charge on any atom is -0.354 e. The van der Waals surface area contributed by atoms with Crippen molar-refractivity contribution in [3.63, 3.8) is 0 Å². The number of nitrogens with zero attached hydrogens (tertiary/aromatic N) is 3. The molecule has 1 atom stereocenters. The van der Waals surface area contributed by atoms with E-state index in [1.165, 1.54) is 4.88 Å². The molecule has 158 valence electrons. The molecule has 1 unspecified atom stereocenters. The lowest BCUT2D eigenvalue weighted by atomic mass is 10.2. The number of halogens is 1. The van der Waals surface area contributed by atoms with Crippen LogP contribution in [0.3, 0.4) is 0 Å². The summed E-state index contributed by atoms with van der Waals surface area (Å²) in [6, 6.07) is 12.7. The van der Waals surface area contributed by atoms with Gasteiger partial charge in [0.2, 0.25) is 5.91 Å². The lowest BCUT2D eigenvalue weighted by Gasteiger charge is -2.24. The van der Waals surface area contributed by atoms with Crippen molar-refractivity contribution in [1.29, 1.82) is 0 Å². The maximum Gasteiger partial charge on any atom is 0.227 e. The van der Waals surface area contributed by atoms with E-state index in [4.69, 9.17) is 0 Å². The van der Waals surface area contributed by atoms with Crippen LogP contribution < -0.4 is 15.5 Å². The number of aliphatic imine (C=N–C) groups is 1. The number of nitrogens with one attached hydrogen (secondary N) is 2. The molecule has 2 N–H and O–H groups in total. The first kappa shape index (κ1) is 23.6. The van der Waals surface area contributed by atoms with E-state index in [0.717, 1.165) is 36.7 Å². The number of hydrogen-bond acceptors (Lipinski definition) is 4. The summed E-state index contributed by atoms with van der Waals surface area (Å²) in [5, 5.41) is 8.90. The van der Waals surface area contributed by atoms with E-state index in [-0.39, 0.29) is 29.9 Å². The summed E-state index contributed by atoms with van der Waals surface area (Å²) >= 11 is 1.77. The van der Waals surface area contributed by atoms with Crippen LogP contribution in [-0.2, 0) is 11.3 Å². The van der Waals surface area contributed by atoms with Gasteiger partial charge in [0, 0.05) is 43.7 Å². The second kappa shape index (κ2) is 11.5. The van der Waals surface area contributed by atoms with E-state index >= 15 is 0 Å². The van der Waals surface area contributed by atoms with E-state index in [0.29, 0.717) is 19.0 Å². The summed E-state index contributed by atoms with van der Waals surface area (Å²) in [6.45, 7) is 2.28. The molecule has 1 aliphatic rings. The first-order valence-electron chi connectivity index (χ1n) is 9.62. The predicted octanol–water partition coefficient (Wildman–Crippen LogP) is 3.46. The third kappa shape index (κ3) is 6.42. The highest BCUT2D eigenvalue weighted by Gasteiger charge is 2.21. The number of anilines is 1. The minimum absolute atomic E-state index is 0. The van der Waals surface area contributed by atoms with Gasteiger partial charge < -0.3 is 20.4 Å². The van der Waals surface area contributed by atoms with Crippen molar-refractivity contribution in [2.45, 2.75) is 25.4 Å². The Balaban J connectivity index is 0.00000300. The zero-order valence-corrected chi connectivity index (χ0v) is 20.4. The standard InChI is InChI=1S/C21H29N5OS.HI/c1-22-21(24-15-18(25(2)3)19-6-5-13-28-19)23-14-16-8-10-17(11-9-16)26-12-4-7-20(26)27;/h5-6,8-11,13,18H,4,7,12,14-15H2,1-3H3,(H2,22,23,24);1H. The average Bonchev–Trinajstić information content (AvgIpc) is 3.36. The zero-order valence-electron chi connectivity index (χ0n) is 17.2. The van der Waals surface area contributed by atoms with Gasteiger partial charge in [-0.1, -0.05) is 18.2 Å². The second-order valence-electron chi connectivity index (χ2n) is 7.12. The maximum atomic E-state index is 11.9. The normalized spacial score (nSPS) is 15.4. The number of thiophene rings is 1. The highest BCUT2D eigenvalue weighted by atomic mass is 127. The second-order valence-corrected chi connectivity index (χ2v) is 8.10. The molecular formula is C21H30IN5OS. The molecule has 1 saturated heterocycles. The Hall–Kier alpha value is -1.65. The van der Waals surface area contributed by atoms with Gasteiger partial charge in [0.05, 0.1) is 6.04 Å². The molecule has 1 amide bonds. The molecule has 6 nitrogen and oxygen atoms in total. The third-order valence-corrected chi connectivity index (χ3v) is 5.94. The highest BCUT2D eigenvalue weighted by molar-refractivity contribution is 14.0. The summed E-state index contributed by atoms with van der Waals surface area (Å²) in [6.07, 6.45) is 1.61. The summed E-state index contributed by atoms with van der Waals surface area (Å²) in [5.41, 5.74) is 2.14. The van der Waals surface area contributed by atoms with Crippen molar-refractivity contribution in [3.8, 4) is 0 Å². The summed E-state index contributed by atoms with van der Waals surface area (Å²) in [5.74, 6) is 0.999. The van der Waals surface area contributed by atoms with E-state index in [1.54, 1.807) is 18.4 Å². The number of rotatable bonds is 7. The van der Waals surface area contributed by atoms with Crippen molar-refractivity contribution in [1.82, 2.24) is 15.5 Å². The lowest BCUT2D eigenvalue weighted by Crippen LogP contribution is -2.41. The summed E-state index contributed by atoms with van der Waals surface area (Å²) < 4.78 is 0. The van der Waals surface area contributed by atoms with Crippen LogP contribution in [0.15, 0.2) is 46.8 Å². The van der Waals surface area contributed by atoms with Crippen molar-refractivity contribution >= 4 is 52.9 Å². The van der Waals surface area contributed by atoms with Gasteiger partial charge in [0.15, 0.2) is 5.96 Å². The fourth-order valence-electron chi connectivity index (χ4n) is 3.33. The topological polar surface area (TPSA) is 60.0 Å². The summed E-state index contributed by atoms with van der Waals surface area (Å²) in [4.78, 5) is 21.6. The first-order valence-corrected chi connectivity index (χ1v) is 10.5. The Kier molecular flexibility index (Phi) is 9.38. The van der Waals surface area contributed by atoms with E-state index in [2.05, 4.69) is 64.3 Å². The number of carbonyl (C=O) groups is 1. The summed E-state index contributed by atoms with van der Waals surface area (Å²) in [7, 11) is 5.97. The van der Waals surface area contributed by atoms with Gasteiger partial charge in [-0.25, -0.2) is 0 Å². The van der Waals surface area contributed by atoms with Crippen molar-refractivity contribution < 1.29 is 4.79 Å². The molecular weight excluding hydrogens is 497 g/mol. The van der Waals surface area contributed by atoms with Gasteiger partial charge in [-0.15, -0.1) is 35.3 Å². The molecule has 0 saturated carbocycles. The quantitative estimate of drug-likeness (QED) is 0.329. The Bertz CT molecular complexity index is 792. The van der Waals surface area contributed by atoms with Gasteiger partial charge in [-0.05, 0) is 49.7 Å². The SMILES string of the molecule is CN=C(NCc1ccc(N2CCCC2=O)cc1)NCC(c1cccs1)N(C)C.I.